The van der Waals surface area contributed by atoms with Gasteiger partial charge in [0.15, 0.2) is 5.60 Å². The minimum Gasteiger partial charge on any atom is -0.496 e. The Balaban J connectivity index is 3.33. The Morgan fingerprint density at radius 2 is 1.71 bits per heavy atom. The normalized spacial score (nSPS) is 12.0. The molecule has 0 aliphatic rings. The molecule has 0 amide bonds. The minimum atomic E-state index is -4.59. The maximum atomic E-state index is 12.7. The van der Waals surface area contributed by atoms with Crippen molar-refractivity contribution in [2.45, 2.75) is 32.5 Å². The van der Waals surface area contributed by atoms with Crippen molar-refractivity contribution in [3.63, 3.8) is 0 Å². The first-order valence-electron chi connectivity index (χ1n) is 5.98. The zero-order chi connectivity index (χ0) is 16.4. The van der Waals surface area contributed by atoms with Crippen LogP contribution >= 0.6 is 0 Å². The van der Waals surface area contributed by atoms with Crippen LogP contribution in [0.1, 0.15) is 36.7 Å². The maximum Gasteiger partial charge on any atom is 0.416 e. The van der Waals surface area contributed by atoms with Crippen LogP contribution in [0.4, 0.5) is 13.2 Å². The highest BCUT2D eigenvalue weighted by molar-refractivity contribution is 6.05. The monoisotopic (exact) mass is 304 g/mol. The van der Waals surface area contributed by atoms with E-state index < -0.39 is 29.1 Å². The van der Waals surface area contributed by atoms with Gasteiger partial charge in [0.1, 0.15) is 5.75 Å². The van der Waals surface area contributed by atoms with Crippen LogP contribution in [0.2, 0.25) is 0 Å². The van der Waals surface area contributed by atoms with E-state index in [0.717, 1.165) is 19.1 Å². The second-order valence-corrected chi connectivity index (χ2v) is 4.85. The van der Waals surface area contributed by atoms with Gasteiger partial charge in [-0.2, -0.15) is 13.2 Å². The SMILES string of the molecule is COc1ccc(C(F)(F)F)cc1C(=O)C(C)(C)OC(C)=O. The van der Waals surface area contributed by atoms with Crippen molar-refractivity contribution in [1.29, 1.82) is 0 Å². The van der Waals surface area contributed by atoms with Gasteiger partial charge in [-0.25, -0.2) is 0 Å². The lowest BCUT2D eigenvalue weighted by molar-refractivity contribution is -0.149. The fourth-order valence-electron chi connectivity index (χ4n) is 1.79. The van der Waals surface area contributed by atoms with E-state index in [-0.39, 0.29) is 11.3 Å². The molecule has 0 bridgehead atoms. The Hall–Kier alpha value is -2.05. The molecule has 0 N–H and O–H groups in total. The van der Waals surface area contributed by atoms with Crippen molar-refractivity contribution in [2.75, 3.05) is 7.11 Å². The standard InChI is InChI=1S/C14H15F3O4/c1-8(18)21-13(2,3)12(19)10-7-9(14(15,16)17)5-6-11(10)20-4/h5-7H,1-4H3. The lowest BCUT2D eigenvalue weighted by Crippen LogP contribution is -2.37. The molecule has 21 heavy (non-hydrogen) atoms. The van der Waals surface area contributed by atoms with Gasteiger partial charge in [0.2, 0.25) is 5.78 Å². The lowest BCUT2D eigenvalue weighted by Gasteiger charge is -2.24. The summed E-state index contributed by atoms with van der Waals surface area (Å²) in [4.78, 5) is 23.3. The molecule has 0 saturated carbocycles. The van der Waals surface area contributed by atoms with Crippen LogP contribution < -0.4 is 4.74 Å². The quantitative estimate of drug-likeness (QED) is 0.633. The molecule has 1 aromatic rings. The Morgan fingerprint density at radius 3 is 2.14 bits per heavy atom. The van der Waals surface area contributed by atoms with Gasteiger partial charge in [0, 0.05) is 6.92 Å². The van der Waals surface area contributed by atoms with E-state index in [1.807, 2.05) is 0 Å². The van der Waals surface area contributed by atoms with E-state index in [1.165, 1.54) is 21.0 Å². The van der Waals surface area contributed by atoms with E-state index in [9.17, 15) is 22.8 Å². The van der Waals surface area contributed by atoms with Gasteiger partial charge in [-0.15, -0.1) is 0 Å². The van der Waals surface area contributed by atoms with Crippen LogP contribution in [0.15, 0.2) is 18.2 Å². The first-order chi connectivity index (χ1) is 9.49. The Labute approximate surface area is 119 Å². The Morgan fingerprint density at radius 1 is 1.14 bits per heavy atom. The van der Waals surface area contributed by atoms with E-state index in [1.54, 1.807) is 0 Å². The van der Waals surface area contributed by atoms with Crippen LogP contribution in [-0.4, -0.2) is 24.5 Å². The highest BCUT2D eigenvalue weighted by Gasteiger charge is 2.37. The highest BCUT2D eigenvalue weighted by Crippen LogP contribution is 2.34. The first-order valence-corrected chi connectivity index (χ1v) is 5.98. The molecule has 0 aliphatic heterocycles. The smallest absolute Gasteiger partial charge is 0.416 e. The van der Waals surface area contributed by atoms with Gasteiger partial charge in [-0.3, -0.25) is 9.59 Å². The van der Waals surface area contributed by atoms with Crippen molar-refractivity contribution in [2.24, 2.45) is 0 Å². The average Bonchev–Trinajstić information content (AvgIpc) is 2.34. The molecule has 0 saturated heterocycles. The molecule has 1 aromatic carbocycles. The van der Waals surface area contributed by atoms with E-state index >= 15 is 0 Å². The predicted molar refractivity (Wildman–Crippen MR) is 68.2 cm³/mol. The number of esters is 1. The van der Waals surface area contributed by atoms with Gasteiger partial charge in [0.05, 0.1) is 18.2 Å². The molecule has 116 valence electrons. The second kappa shape index (κ2) is 5.75. The minimum absolute atomic E-state index is 0.0202. The number of ketones is 1. The van der Waals surface area contributed by atoms with Gasteiger partial charge in [0.25, 0.3) is 0 Å². The number of hydrogen-bond donors (Lipinski definition) is 0. The van der Waals surface area contributed by atoms with Gasteiger partial charge >= 0.3 is 12.1 Å². The molecule has 4 nitrogen and oxygen atoms in total. The molecule has 0 aromatic heterocycles. The van der Waals surface area contributed by atoms with Crippen molar-refractivity contribution in [3.05, 3.63) is 29.3 Å². The summed E-state index contributed by atoms with van der Waals surface area (Å²) in [7, 11) is 1.23. The molecule has 0 unspecified atom stereocenters. The number of carbonyl (C=O) groups excluding carboxylic acids is 2. The van der Waals surface area contributed by atoms with E-state index in [4.69, 9.17) is 9.47 Å². The van der Waals surface area contributed by atoms with Crippen LogP contribution in [0.3, 0.4) is 0 Å². The number of benzene rings is 1. The molecular weight excluding hydrogens is 289 g/mol. The average molecular weight is 304 g/mol. The molecule has 0 atom stereocenters. The maximum absolute atomic E-state index is 12.7. The number of ether oxygens (including phenoxy) is 2. The van der Waals surface area contributed by atoms with Crippen LogP contribution in [0, 0.1) is 0 Å². The van der Waals surface area contributed by atoms with Crippen molar-refractivity contribution in [3.8, 4) is 5.75 Å². The van der Waals surface area contributed by atoms with E-state index in [0.29, 0.717) is 6.07 Å². The fourth-order valence-corrected chi connectivity index (χ4v) is 1.79. The first kappa shape index (κ1) is 17.0. The molecule has 0 radical (unpaired) electrons. The molecular formula is C14H15F3O4. The summed E-state index contributed by atoms with van der Waals surface area (Å²) >= 11 is 0. The molecule has 1 rings (SSSR count). The molecule has 0 spiro atoms. The van der Waals surface area contributed by atoms with E-state index in [2.05, 4.69) is 0 Å². The molecule has 0 heterocycles. The number of Topliss-reactive ketones (excluding diaryl/α,β-unsaturated/α-hetero) is 1. The third-order valence-corrected chi connectivity index (χ3v) is 2.72. The summed E-state index contributed by atoms with van der Waals surface area (Å²) in [6.07, 6.45) is -4.59. The lowest BCUT2D eigenvalue weighted by atomic mass is 9.94. The predicted octanol–water partition coefficient (Wildman–Crippen LogP) is 3.24. The number of carbonyl (C=O) groups is 2. The topological polar surface area (TPSA) is 52.6 Å². The zero-order valence-electron chi connectivity index (χ0n) is 12.0. The largest absolute Gasteiger partial charge is 0.496 e. The van der Waals surface area contributed by atoms with Gasteiger partial charge in [-0.05, 0) is 32.0 Å². The number of methoxy groups -OCH3 is 1. The Kier molecular flexibility index (Phi) is 4.65. The summed E-state index contributed by atoms with van der Waals surface area (Å²) in [5.41, 5.74) is -2.87. The Bertz CT molecular complexity index is 562. The van der Waals surface area contributed by atoms with Crippen LogP contribution in [0.5, 0.6) is 5.75 Å². The van der Waals surface area contributed by atoms with Crippen LogP contribution in [0.25, 0.3) is 0 Å². The number of halogens is 3. The third-order valence-electron chi connectivity index (χ3n) is 2.72. The number of alkyl halides is 3. The number of hydrogen-bond acceptors (Lipinski definition) is 4. The van der Waals surface area contributed by atoms with Crippen molar-refractivity contribution < 1.29 is 32.2 Å². The second-order valence-electron chi connectivity index (χ2n) is 4.85. The van der Waals surface area contributed by atoms with Gasteiger partial charge < -0.3 is 9.47 Å². The summed E-state index contributed by atoms with van der Waals surface area (Å²) in [5, 5.41) is 0. The summed E-state index contributed by atoms with van der Waals surface area (Å²) < 4.78 is 48.0. The summed E-state index contributed by atoms with van der Waals surface area (Å²) in [5.74, 6) is -1.51. The summed E-state index contributed by atoms with van der Waals surface area (Å²) in [6, 6.07) is 2.56. The fraction of sp³-hybridized carbons (Fsp3) is 0.429. The highest BCUT2D eigenvalue weighted by atomic mass is 19.4. The van der Waals surface area contributed by atoms with Crippen LogP contribution in [-0.2, 0) is 15.7 Å². The third kappa shape index (κ3) is 3.96. The van der Waals surface area contributed by atoms with Crippen molar-refractivity contribution in [1.82, 2.24) is 0 Å². The van der Waals surface area contributed by atoms with Gasteiger partial charge in [-0.1, -0.05) is 0 Å². The molecule has 7 heteroatoms. The summed E-state index contributed by atoms with van der Waals surface area (Å²) in [6.45, 7) is 3.71. The zero-order valence-corrected chi connectivity index (χ0v) is 12.0. The molecule has 0 aliphatic carbocycles. The molecule has 0 fully saturated rings. The van der Waals surface area contributed by atoms with Crippen molar-refractivity contribution >= 4 is 11.8 Å². The number of rotatable bonds is 4.